The molecule has 0 aliphatic rings. The summed E-state index contributed by atoms with van der Waals surface area (Å²) in [6.45, 7) is 4.70. The number of aliphatic hydroxyl groups excluding tert-OH is 1. The fraction of sp³-hybridized carbons (Fsp3) is 0.278. The van der Waals surface area contributed by atoms with E-state index in [0.717, 1.165) is 16.6 Å². The van der Waals surface area contributed by atoms with Gasteiger partial charge in [0, 0.05) is 24.5 Å². The summed E-state index contributed by atoms with van der Waals surface area (Å²) in [5.74, 6) is 1.88. The summed E-state index contributed by atoms with van der Waals surface area (Å²) in [7, 11) is 0. The van der Waals surface area contributed by atoms with Gasteiger partial charge in [-0.15, -0.1) is 0 Å². The Kier molecular flexibility index (Phi) is 4.51. The second-order valence-electron chi connectivity index (χ2n) is 6.41. The second-order valence-corrected chi connectivity index (χ2v) is 6.41. The molecule has 9 nitrogen and oxygen atoms in total. The van der Waals surface area contributed by atoms with Crippen LogP contribution >= 0.6 is 0 Å². The van der Waals surface area contributed by atoms with Crippen LogP contribution in [0.4, 0.5) is 11.6 Å². The molecule has 0 amide bonds. The van der Waals surface area contributed by atoms with Crippen molar-refractivity contribution in [1.29, 1.82) is 0 Å². The zero-order chi connectivity index (χ0) is 18.8. The van der Waals surface area contributed by atoms with Gasteiger partial charge < -0.3 is 15.0 Å². The van der Waals surface area contributed by atoms with Crippen molar-refractivity contribution in [1.82, 2.24) is 34.3 Å². The van der Waals surface area contributed by atoms with E-state index in [2.05, 4.69) is 48.8 Å². The maximum atomic E-state index is 9.01. The first-order chi connectivity index (χ1) is 13.1. The van der Waals surface area contributed by atoms with E-state index in [0.29, 0.717) is 30.0 Å². The van der Waals surface area contributed by atoms with Crippen LogP contribution in [0, 0.1) is 0 Å². The summed E-state index contributed by atoms with van der Waals surface area (Å²) in [5.41, 5.74) is 2.66. The number of aliphatic hydroxyl groups is 1. The first-order valence-electron chi connectivity index (χ1n) is 8.70. The minimum absolute atomic E-state index is 0.0324. The second kappa shape index (κ2) is 7.12. The van der Waals surface area contributed by atoms with Gasteiger partial charge in [0.05, 0.1) is 43.0 Å². The highest BCUT2D eigenvalue weighted by Crippen LogP contribution is 2.22. The lowest BCUT2D eigenvalue weighted by Crippen LogP contribution is -2.02. The number of hydrogen-bond donors (Lipinski definition) is 2. The van der Waals surface area contributed by atoms with E-state index in [1.54, 1.807) is 35.5 Å². The Morgan fingerprint density at radius 2 is 2.04 bits per heavy atom. The first-order valence-corrected chi connectivity index (χ1v) is 8.70. The Hall–Kier alpha value is -3.33. The summed E-state index contributed by atoms with van der Waals surface area (Å²) in [6.07, 6.45) is 8.75. The molecule has 138 valence electrons. The van der Waals surface area contributed by atoms with E-state index in [9.17, 15) is 0 Å². The lowest BCUT2D eigenvalue weighted by atomic mass is 10.3. The van der Waals surface area contributed by atoms with Crippen LogP contribution in [0.1, 0.15) is 19.9 Å². The van der Waals surface area contributed by atoms with Gasteiger partial charge in [0.1, 0.15) is 17.2 Å². The van der Waals surface area contributed by atoms with E-state index in [1.807, 2.05) is 12.4 Å². The van der Waals surface area contributed by atoms with Crippen LogP contribution in [0.15, 0.2) is 43.2 Å². The molecule has 0 aliphatic heterocycles. The average Bonchev–Trinajstić information content (AvgIpc) is 3.29. The van der Waals surface area contributed by atoms with Crippen molar-refractivity contribution >= 4 is 22.7 Å². The molecule has 2 N–H and O–H groups in total. The first kappa shape index (κ1) is 17.1. The smallest absolute Gasteiger partial charge is 0.164 e. The van der Waals surface area contributed by atoms with Crippen molar-refractivity contribution in [3.63, 3.8) is 0 Å². The molecule has 4 aromatic heterocycles. The van der Waals surface area contributed by atoms with Crippen molar-refractivity contribution < 1.29 is 5.11 Å². The Balaban J connectivity index is 1.61. The van der Waals surface area contributed by atoms with Gasteiger partial charge in [-0.2, -0.15) is 5.10 Å². The molecule has 0 radical (unpaired) electrons. The zero-order valence-electron chi connectivity index (χ0n) is 15.1. The van der Waals surface area contributed by atoms with E-state index >= 15 is 0 Å². The van der Waals surface area contributed by atoms with Crippen LogP contribution < -0.4 is 5.32 Å². The van der Waals surface area contributed by atoms with Crippen molar-refractivity contribution in [3.8, 4) is 11.4 Å². The van der Waals surface area contributed by atoms with Crippen molar-refractivity contribution in [2.45, 2.75) is 26.4 Å². The molecule has 0 aliphatic carbocycles. The van der Waals surface area contributed by atoms with Gasteiger partial charge >= 0.3 is 0 Å². The van der Waals surface area contributed by atoms with Gasteiger partial charge in [-0.3, -0.25) is 4.68 Å². The van der Waals surface area contributed by atoms with E-state index in [1.165, 1.54) is 0 Å². The van der Waals surface area contributed by atoms with Crippen molar-refractivity contribution in [2.75, 3.05) is 11.9 Å². The lowest BCUT2D eigenvalue weighted by molar-refractivity contribution is 0.269. The molecule has 9 heteroatoms. The molecule has 0 unspecified atom stereocenters. The Morgan fingerprint density at radius 1 is 1.15 bits per heavy atom. The number of hydrogen-bond acceptors (Lipinski definition) is 7. The van der Waals surface area contributed by atoms with Gasteiger partial charge in [0.2, 0.25) is 0 Å². The standard InChI is InChI=1S/C18H20N8O/c1-12(2)26-11-21-14-9-20-17(7-15(14)26)23-16-3-4-19-18(24-16)13-8-22-25(10-13)5-6-27/h3-4,7-12,27H,5-6H2,1-2H3,(H,19,20,23,24). The number of nitrogens with one attached hydrogen (secondary N) is 1. The van der Waals surface area contributed by atoms with Crippen molar-refractivity contribution in [3.05, 3.63) is 43.2 Å². The van der Waals surface area contributed by atoms with E-state index < -0.39 is 0 Å². The van der Waals surface area contributed by atoms with Crippen LogP contribution in [0.5, 0.6) is 0 Å². The highest BCUT2D eigenvalue weighted by Gasteiger charge is 2.09. The fourth-order valence-electron chi connectivity index (χ4n) is 2.81. The molecule has 0 fully saturated rings. The van der Waals surface area contributed by atoms with Crippen LogP contribution in [0.3, 0.4) is 0 Å². The molecule has 0 saturated heterocycles. The summed E-state index contributed by atoms with van der Waals surface area (Å²) in [5, 5.41) is 16.4. The van der Waals surface area contributed by atoms with Crippen LogP contribution in [-0.4, -0.2) is 46.0 Å². The number of fused-ring (bicyclic) bond motifs is 1. The SMILES string of the molecule is CC(C)n1cnc2cnc(Nc3ccnc(-c4cnn(CCO)c4)n3)cc21. The molecule has 0 atom stereocenters. The molecular weight excluding hydrogens is 344 g/mol. The molecule has 4 aromatic rings. The lowest BCUT2D eigenvalue weighted by Gasteiger charge is -2.09. The minimum Gasteiger partial charge on any atom is -0.394 e. The summed E-state index contributed by atoms with van der Waals surface area (Å²) < 4.78 is 3.75. The molecule has 0 bridgehead atoms. The Bertz CT molecular complexity index is 1070. The zero-order valence-corrected chi connectivity index (χ0v) is 15.1. The fourth-order valence-corrected chi connectivity index (χ4v) is 2.81. The summed E-state index contributed by atoms with van der Waals surface area (Å²) in [4.78, 5) is 17.6. The number of pyridine rings is 1. The largest absolute Gasteiger partial charge is 0.394 e. The predicted octanol–water partition coefficient (Wildman–Crippen LogP) is 2.40. The molecular formula is C18H20N8O. The van der Waals surface area contributed by atoms with E-state index in [4.69, 9.17) is 5.11 Å². The van der Waals surface area contributed by atoms with E-state index in [-0.39, 0.29) is 6.61 Å². The summed E-state index contributed by atoms with van der Waals surface area (Å²) in [6, 6.07) is 4.06. The number of aromatic nitrogens is 7. The topological polar surface area (TPSA) is 107 Å². The molecule has 27 heavy (non-hydrogen) atoms. The Labute approximate surface area is 155 Å². The predicted molar refractivity (Wildman–Crippen MR) is 102 cm³/mol. The maximum absolute atomic E-state index is 9.01. The molecule has 0 spiro atoms. The van der Waals surface area contributed by atoms with Crippen molar-refractivity contribution in [2.24, 2.45) is 0 Å². The molecule has 4 heterocycles. The molecule has 0 saturated carbocycles. The van der Waals surface area contributed by atoms with Crippen LogP contribution in [-0.2, 0) is 6.54 Å². The van der Waals surface area contributed by atoms with Gasteiger partial charge in [-0.1, -0.05) is 0 Å². The minimum atomic E-state index is 0.0324. The Morgan fingerprint density at radius 3 is 2.85 bits per heavy atom. The van der Waals surface area contributed by atoms with Gasteiger partial charge in [0.15, 0.2) is 5.82 Å². The number of anilines is 2. The third-order valence-corrected chi connectivity index (χ3v) is 4.15. The molecule has 4 rings (SSSR count). The van der Waals surface area contributed by atoms with Gasteiger partial charge in [-0.25, -0.2) is 19.9 Å². The monoisotopic (exact) mass is 364 g/mol. The normalized spacial score (nSPS) is 11.4. The number of imidazole rings is 1. The molecule has 0 aromatic carbocycles. The highest BCUT2D eigenvalue weighted by atomic mass is 16.3. The highest BCUT2D eigenvalue weighted by molar-refractivity contribution is 5.78. The van der Waals surface area contributed by atoms with Gasteiger partial charge in [-0.05, 0) is 19.9 Å². The third kappa shape index (κ3) is 3.49. The third-order valence-electron chi connectivity index (χ3n) is 4.15. The maximum Gasteiger partial charge on any atom is 0.164 e. The average molecular weight is 364 g/mol. The number of rotatable bonds is 6. The van der Waals surface area contributed by atoms with Crippen LogP contribution in [0.2, 0.25) is 0 Å². The number of nitrogens with zero attached hydrogens (tertiary/aromatic N) is 7. The van der Waals surface area contributed by atoms with Crippen LogP contribution in [0.25, 0.3) is 22.4 Å². The summed E-state index contributed by atoms with van der Waals surface area (Å²) >= 11 is 0. The quantitative estimate of drug-likeness (QED) is 0.541. The van der Waals surface area contributed by atoms with Gasteiger partial charge in [0.25, 0.3) is 0 Å².